The summed E-state index contributed by atoms with van der Waals surface area (Å²) in [6.07, 6.45) is 0. The highest BCUT2D eigenvalue weighted by atomic mass is 32.2. The van der Waals surface area contributed by atoms with E-state index in [1.165, 1.54) is 12.1 Å². The van der Waals surface area contributed by atoms with Crippen LogP contribution in [0.5, 0.6) is 0 Å². The van der Waals surface area contributed by atoms with Gasteiger partial charge in [0.05, 0.1) is 16.9 Å². The predicted molar refractivity (Wildman–Crippen MR) is 70.9 cm³/mol. The molecule has 0 aliphatic carbocycles. The molecule has 100 valence electrons. The molecule has 1 rings (SSSR count). The highest BCUT2D eigenvalue weighted by molar-refractivity contribution is 7.80. The number of aromatic carboxylic acids is 1. The minimum Gasteiger partial charge on any atom is -0.478 e. The Labute approximate surface area is 108 Å². The molecular formula is C11H16N2O4S. The Balaban J connectivity index is 3.60. The van der Waals surface area contributed by atoms with Gasteiger partial charge in [0.15, 0.2) is 0 Å². The van der Waals surface area contributed by atoms with E-state index in [0.29, 0.717) is 5.56 Å². The van der Waals surface area contributed by atoms with Crippen molar-refractivity contribution in [2.45, 2.75) is 26.2 Å². The van der Waals surface area contributed by atoms with Gasteiger partial charge in [-0.2, -0.15) is 0 Å². The minimum atomic E-state index is -2.32. The van der Waals surface area contributed by atoms with Crippen LogP contribution in [0, 0.1) is 0 Å². The number of rotatable bonds is 3. The average molecular weight is 272 g/mol. The third-order valence-corrected chi connectivity index (χ3v) is 2.79. The number of carbonyl (C=O) groups is 1. The van der Waals surface area contributed by atoms with Crippen LogP contribution in [0.4, 0.5) is 11.4 Å². The third kappa shape index (κ3) is 2.99. The van der Waals surface area contributed by atoms with Crippen LogP contribution in [-0.4, -0.2) is 19.8 Å². The van der Waals surface area contributed by atoms with Crippen molar-refractivity contribution in [2.24, 2.45) is 0 Å². The molecule has 1 aromatic rings. The lowest BCUT2D eigenvalue weighted by molar-refractivity contribution is 0.0694. The molecule has 0 radical (unpaired) electrons. The summed E-state index contributed by atoms with van der Waals surface area (Å²) in [6, 6.07) is 2.79. The third-order valence-electron chi connectivity index (χ3n) is 2.41. The molecule has 0 aromatic heterocycles. The fourth-order valence-corrected chi connectivity index (χ4v) is 2.17. The number of hydrogen-bond donors (Lipinski definition) is 4. The Kier molecular flexibility index (Phi) is 3.98. The van der Waals surface area contributed by atoms with Crippen molar-refractivity contribution < 1.29 is 18.7 Å². The first kappa shape index (κ1) is 14.5. The minimum absolute atomic E-state index is 0.0599. The zero-order valence-corrected chi connectivity index (χ0v) is 11.2. The molecule has 18 heavy (non-hydrogen) atoms. The van der Waals surface area contributed by atoms with Crippen molar-refractivity contribution in [3.05, 3.63) is 23.3 Å². The number of carboxylic acid groups (broad SMARTS) is 1. The zero-order chi connectivity index (χ0) is 14.1. The number of nitrogen functional groups attached to an aromatic ring is 1. The number of carboxylic acids is 1. The summed E-state index contributed by atoms with van der Waals surface area (Å²) in [4.78, 5) is 11.2. The van der Waals surface area contributed by atoms with Crippen LogP contribution in [-0.2, 0) is 16.7 Å². The van der Waals surface area contributed by atoms with E-state index >= 15 is 0 Å². The van der Waals surface area contributed by atoms with Gasteiger partial charge in [-0.15, -0.1) is 0 Å². The predicted octanol–water partition coefficient (Wildman–Crippen LogP) is 1.81. The van der Waals surface area contributed by atoms with E-state index in [1.807, 2.05) is 0 Å². The Morgan fingerprint density at radius 3 is 2.33 bits per heavy atom. The van der Waals surface area contributed by atoms with Gasteiger partial charge in [0.2, 0.25) is 0 Å². The van der Waals surface area contributed by atoms with E-state index in [1.54, 1.807) is 20.8 Å². The van der Waals surface area contributed by atoms with Crippen molar-refractivity contribution in [3.8, 4) is 0 Å². The average Bonchev–Trinajstić information content (AvgIpc) is 2.17. The molecule has 0 heterocycles. The Morgan fingerprint density at radius 2 is 1.94 bits per heavy atom. The monoisotopic (exact) mass is 272 g/mol. The van der Waals surface area contributed by atoms with Crippen LogP contribution in [0.1, 0.15) is 36.7 Å². The Morgan fingerprint density at radius 1 is 1.39 bits per heavy atom. The van der Waals surface area contributed by atoms with Crippen LogP contribution in [0.3, 0.4) is 0 Å². The second-order valence-corrected chi connectivity index (χ2v) is 5.56. The van der Waals surface area contributed by atoms with E-state index in [2.05, 4.69) is 4.72 Å². The van der Waals surface area contributed by atoms with Crippen LogP contribution in [0.2, 0.25) is 0 Å². The van der Waals surface area contributed by atoms with Gasteiger partial charge >= 0.3 is 5.97 Å². The number of nitrogens with one attached hydrogen (secondary N) is 1. The van der Waals surface area contributed by atoms with E-state index < -0.39 is 22.7 Å². The molecule has 0 fully saturated rings. The number of benzene rings is 1. The van der Waals surface area contributed by atoms with Crippen LogP contribution < -0.4 is 10.5 Å². The molecule has 0 bridgehead atoms. The molecule has 0 saturated carbocycles. The van der Waals surface area contributed by atoms with Crippen molar-refractivity contribution in [1.29, 1.82) is 0 Å². The van der Waals surface area contributed by atoms with Gasteiger partial charge in [-0.25, -0.2) is 9.00 Å². The summed E-state index contributed by atoms with van der Waals surface area (Å²) in [5.74, 6) is -1.10. The zero-order valence-electron chi connectivity index (χ0n) is 10.4. The molecule has 0 saturated heterocycles. The maximum absolute atomic E-state index is 11.2. The topological polar surface area (TPSA) is 113 Å². The molecule has 1 aromatic carbocycles. The Hall–Kier alpha value is -1.60. The van der Waals surface area contributed by atoms with E-state index in [9.17, 15) is 14.1 Å². The van der Waals surface area contributed by atoms with Gasteiger partial charge in [0, 0.05) is 0 Å². The number of anilines is 2. The standard InChI is InChI=1S/C11H16N2O4S/c1-11(2,3)8-6(10(14)15)4-5-7(12)9(8)13-18(16)17/h4-5,13H,12H2,1-3H3,(H,14,15)(H,16,17). The summed E-state index contributed by atoms with van der Waals surface area (Å²) >= 11 is -2.32. The first-order valence-corrected chi connectivity index (χ1v) is 6.29. The smallest absolute Gasteiger partial charge is 0.336 e. The summed E-state index contributed by atoms with van der Waals surface area (Å²) < 4.78 is 22.1. The molecule has 1 unspecified atom stereocenters. The summed E-state index contributed by atoms with van der Waals surface area (Å²) in [5, 5.41) is 9.17. The second-order valence-electron chi connectivity index (χ2n) is 4.86. The van der Waals surface area contributed by atoms with Gasteiger partial charge in [-0.05, 0) is 23.1 Å². The fourth-order valence-electron chi connectivity index (χ4n) is 1.77. The van der Waals surface area contributed by atoms with Crippen molar-refractivity contribution in [3.63, 3.8) is 0 Å². The molecule has 5 N–H and O–H groups in total. The molecular weight excluding hydrogens is 256 g/mol. The molecule has 1 atom stereocenters. The second kappa shape index (κ2) is 4.95. The molecule has 0 spiro atoms. The molecule has 6 nitrogen and oxygen atoms in total. The maximum Gasteiger partial charge on any atom is 0.336 e. The van der Waals surface area contributed by atoms with Gasteiger partial charge in [0.25, 0.3) is 11.3 Å². The van der Waals surface area contributed by atoms with E-state index in [0.717, 1.165) is 0 Å². The highest BCUT2D eigenvalue weighted by Crippen LogP contribution is 2.36. The van der Waals surface area contributed by atoms with Gasteiger partial charge < -0.3 is 10.8 Å². The lowest BCUT2D eigenvalue weighted by Gasteiger charge is -2.25. The van der Waals surface area contributed by atoms with Crippen LogP contribution in [0.25, 0.3) is 0 Å². The van der Waals surface area contributed by atoms with Crippen LogP contribution in [0.15, 0.2) is 12.1 Å². The highest BCUT2D eigenvalue weighted by Gasteiger charge is 2.27. The molecule has 0 amide bonds. The van der Waals surface area contributed by atoms with E-state index in [4.69, 9.17) is 10.3 Å². The largest absolute Gasteiger partial charge is 0.478 e. The Bertz CT molecular complexity index is 509. The molecule has 0 aliphatic heterocycles. The summed E-state index contributed by atoms with van der Waals surface area (Å²) in [5.41, 5.74) is 6.07. The summed E-state index contributed by atoms with van der Waals surface area (Å²) in [7, 11) is 0. The number of hydrogen-bond acceptors (Lipinski definition) is 3. The molecule has 7 heteroatoms. The first-order valence-electron chi connectivity index (χ1n) is 5.18. The fraction of sp³-hybridized carbons (Fsp3) is 0.364. The lowest BCUT2D eigenvalue weighted by Crippen LogP contribution is -2.21. The van der Waals surface area contributed by atoms with Gasteiger partial charge in [-0.1, -0.05) is 20.8 Å². The SMILES string of the molecule is CC(C)(C)c1c(C(=O)O)ccc(N)c1NS(=O)O. The van der Waals surface area contributed by atoms with Gasteiger partial charge in [-0.3, -0.25) is 9.27 Å². The lowest BCUT2D eigenvalue weighted by atomic mass is 9.82. The van der Waals surface area contributed by atoms with Crippen molar-refractivity contribution >= 4 is 28.6 Å². The maximum atomic E-state index is 11.2. The van der Waals surface area contributed by atoms with Crippen LogP contribution >= 0.6 is 0 Å². The van der Waals surface area contributed by atoms with Gasteiger partial charge in [0.1, 0.15) is 0 Å². The quantitative estimate of drug-likeness (QED) is 0.495. The number of nitrogens with two attached hydrogens (primary N) is 1. The van der Waals surface area contributed by atoms with Crippen molar-refractivity contribution in [2.75, 3.05) is 10.5 Å². The normalized spacial score (nSPS) is 13.1. The summed E-state index contributed by atoms with van der Waals surface area (Å²) in [6.45, 7) is 5.42. The van der Waals surface area contributed by atoms with E-state index in [-0.39, 0.29) is 16.9 Å². The first-order chi connectivity index (χ1) is 8.14. The van der Waals surface area contributed by atoms with Crippen molar-refractivity contribution in [1.82, 2.24) is 0 Å². The molecule has 0 aliphatic rings.